The van der Waals surface area contributed by atoms with Crippen LogP contribution in [0.5, 0.6) is 0 Å². The number of fused-ring (bicyclic) bond motifs is 1. The minimum Gasteiger partial charge on any atom is -0.380 e. The molecule has 1 saturated heterocycles. The van der Waals surface area contributed by atoms with Crippen LogP contribution in [-0.2, 0) is 16.1 Å². The van der Waals surface area contributed by atoms with Crippen molar-refractivity contribution < 1.29 is 9.53 Å². The molecule has 1 aromatic rings. The van der Waals surface area contributed by atoms with Gasteiger partial charge in [-0.3, -0.25) is 4.79 Å². The van der Waals surface area contributed by atoms with E-state index in [1.807, 2.05) is 23.8 Å². The fourth-order valence-corrected chi connectivity index (χ4v) is 3.48. The zero-order valence-electron chi connectivity index (χ0n) is 15.1. The van der Waals surface area contributed by atoms with Crippen LogP contribution in [0.25, 0.3) is 0 Å². The quantitative estimate of drug-likeness (QED) is 0.723. The van der Waals surface area contributed by atoms with E-state index in [1.54, 1.807) is 6.33 Å². The van der Waals surface area contributed by atoms with E-state index >= 15 is 0 Å². The van der Waals surface area contributed by atoms with Gasteiger partial charge in [-0.25, -0.2) is 9.97 Å². The van der Waals surface area contributed by atoms with Crippen molar-refractivity contribution >= 4 is 17.5 Å². The average molecular weight is 348 g/mol. The highest BCUT2D eigenvalue weighted by molar-refractivity contribution is 5.84. The number of piperidine rings is 1. The first-order valence-electron chi connectivity index (χ1n) is 9.07. The number of ether oxygens (including phenoxy) is 1. The van der Waals surface area contributed by atoms with Gasteiger partial charge in [-0.05, 0) is 26.3 Å². The number of hydrogen-bond donors (Lipinski definition) is 2. The number of amides is 1. The third-order valence-electron chi connectivity index (χ3n) is 4.76. The Kier molecular flexibility index (Phi) is 6.04. The maximum Gasteiger partial charge on any atom is 0.242 e. The van der Waals surface area contributed by atoms with Crippen molar-refractivity contribution in [1.82, 2.24) is 20.2 Å². The SMILES string of the molecule is CCOCCNc1ncnc2c1CN(C1CCCNC1)C(=O)CN2C. The Morgan fingerprint density at radius 3 is 3.04 bits per heavy atom. The second-order valence-electron chi connectivity index (χ2n) is 6.53. The van der Waals surface area contributed by atoms with Crippen LogP contribution < -0.4 is 15.5 Å². The molecule has 138 valence electrons. The van der Waals surface area contributed by atoms with Crippen LogP contribution in [-0.4, -0.2) is 73.3 Å². The van der Waals surface area contributed by atoms with Crippen molar-refractivity contribution in [2.45, 2.75) is 32.4 Å². The number of carbonyl (C=O) groups excluding carboxylic acids is 1. The molecule has 1 aromatic heterocycles. The van der Waals surface area contributed by atoms with Crippen LogP contribution in [0.2, 0.25) is 0 Å². The van der Waals surface area contributed by atoms with E-state index in [0.29, 0.717) is 32.8 Å². The molecule has 0 aliphatic carbocycles. The van der Waals surface area contributed by atoms with Gasteiger partial charge in [0.05, 0.1) is 25.3 Å². The summed E-state index contributed by atoms with van der Waals surface area (Å²) in [5.41, 5.74) is 0.984. The molecule has 0 saturated carbocycles. The first kappa shape index (κ1) is 17.9. The molecule has 2 aliphatic rings. The zero-order valence-corrected chi connectivity index (χ0v) is 15.1. The van der Waals surface area contributed by atoms with Crippen molar-refractivity contribution in [1.29, 1.82) is 0 Å². The molecule has 0 bridgehead atoms. The summed E-state index contributed by atoms with van der Waals surface area (Å²) in [5.74, 6) is 1.77. The smallest absolute Gasteiger partial charge is 0.242 e. The van der Waals surface area contributed by atoms with Crippen LogP contribution in [0.15, 0.2) is 6.33 Å². The topological polar surface area (TPSA) is 82.6 Å². The van der Waals surface area contributed by atoms with E-state index in [0.717, 1.165) is 43.1 Å². The van der Waals surface area contributed by atoms with E-state index < -0.39 is 0 Å². The van der Waals surface area contributed by atoms with Gasteiger partial charge in [0.1, 0.15) is 18.0 Å². The van der Waals surface area contributed by atoms with E-state index in [1.165, 1.54) is 0 Å². The lowest BCUT2D eigenvalue weighted by molar-refractivity contribution is -0.132. The maximum atomic E-state index is 12.8. The molecule has 8 heteroatoms. The molecule has 1 amide bonds. The molecule has 8 nitrogen and oxygen atoms in total. The van der Waals surface area contributed by atoms with Crippen molar-refractivity contribution in [2.24, 2.45) is 0 Å². The average Bonchev–Trinajstić information content (AvgIpc) is 2.76. The first-order valence-corrected chi connectivity index (χ1v) is 9.07. The van der Waals surface area contributed by atoms with Gasteiger partial charge in [0, 0.05) is 32.8 Å². The number of nitrogens with one attached hydrogen (secondary N) is 2. The van der Waals surface area contributed by atoms with Crippen LogP contribution >= 0.6 is 0 Å². The number of aromatic nitrogens is 2. The number of hydrogen-bond acceptors (Lipinski definition) is 7. The number of carbonyl (C=O) groups is 1. The fourth-order valence-electron chi connectivity index (χ4n) is 3.48. The molecule has 0 radical (unpaired) electrons. The van der Waals surface area contributed by atoms with Gasteiger partial charge in [-0.15, -0.1) is 0 Å². The Bertz CT molecular complexity index is 591. The summed E-state index contributed by atoms with van der Waals surface area (Å²) in [5, 5.41) is 6.74. The molecule has 0 aromatic carbocycles. The summed E-state index contributed by atoms with van der Waals surface area (Å²) in [6.45, 7) is 6.76. The molecule has 25 heavy (non-hydrogen) atoms. The Morgan fingerprint density at radius 1 is 1.40 bits per heavy atom. The molecule has 3 heterocycles. The van der Waals surface area contributed by atoms with Crippen LogP contribution in [0, 0.1) is 0 Å². The van der Waals surface area contributed by atoms with Gasteiger partial charge < -0.3 is 25.2 Å². The molecule has 2 aliphatic heterocycles. The fraction of sp³-hybridized carbons (Fsp3) is 0.706. The number of likely N-dealkylation sites (N-methyl/N-ethyl adjacent to an activating group) is 1. The largest absolute Gasteiger partial charge is 0.380 e. The first-order chi connectivity index (χ1) is 12.2. The Labute approximate surface area is 148 Å². The second-order valence-corrected chi connectivity index (χ2v) is 6.53. The van der Waals surface area contributed by atoms with Gasteiger partial charge in [0.2, 0.25) is 5.91 Å². The summed E-state index contributed by atoms with van der Waals surface area (Å²) in [6, 6.07) is 0.233. The van der Waals surface area contributed by atoms with Gasteiger partial charge in [0.15, 0.2) is 0 Å². The third kappa shape index (κ3) is 4.19. The summed E-state index contributed by atoms with van der Waals surface area (Å²) in [4.78, 5) is 25.5. The molecular formula is C17H28N6O2. The number of anilines is 2. The van der Waals surface area contributed by atoms with Crippen molar-refractivity contribution in [3.63, 3.8) is 0 Å². The van der Waals surface area contributed by atoms with Gasteiger partial charge in [-0.2, -0.15) is 0 Å². The van der Waals surface area contributed by atoms with Crippen molar-refractivity contribution in [2.75, 3.05) is 56.7 Å². The van der Waals surface area contributed by atoms with Crippen LogP contribution in [0.4, 0.5) is 11.6 Å². The highest BCUT2D eigenvalue weighted by Crippen LogP contribution is 2.29. The number of rotatable bonds is 6. The summed E-state index contributed by atoms with van der Waals surface area (Å²) < 4.78 is 5.39. The molecule has 1 unspecified atom stereocenters. The van der Waals surface area contributed by atoms with E-state index in [2.05, 4.69) is 20.6 Å². The lowest BCUT2D eigenvalue weighted by atomic mass is 10.1. The predicted molar refractivity (Wildman–Crippen MR) is 96.7 cm³/mol. The van der Waals surface area contributed by atoms with E-state index in [-0.39, 0.29) is 11.9 Å². The molecular weight excluding hydrogens is 320 g/mol. The summed E-state index contributed by atoms with van der Waals surface area (Å²) in [6.07, 6.45) is 3.70. The minimum atomic E-state index is 0.148. The predicted octanol–water partition coefficient (Wildman–Crippen LogP) is 0.455. The lowest BCUT2D eigenvalue weighted by Gasteiger charge is -2.34. The zero-order chi connectivity index (χ0) is 17.6. The lowest BCUT2D eigenvalue weighted by Crippen LogP contribution is -2.49. The van der Waals surface area contributed by atoms with E-state index in [4.69, 9.17) is 4.74 Å². The summed E-state index contributed by atoms with van der Waals surface area (Å²) >= 11 is 0. The molecule has 0 spiro atoms. The minimum absolute atomic E-state index is 0.148. The standard InChI is InChI=1S/C17H28N6O2/c1-3-25-8-7-19-16-14-10-23(13-5-4-6-18-9-13)15(24)11-22(2)17(14)21-12-20-16/h12-13,18H,3-11H2,1-2H3,(H,19,20,21). The molecule has 3 rings (SSSR count). The van der Waals surface area contributed by atoms with Crippen molar-refractivity contribution in [3.8, 4) is 0 Å². The second kappa shape index (κ2) is 8.44. The summed E-state index contributed by atoms with van der Waals surface area (Å²) in [7, 11) is 1.91. The van der Waals surface area contributed by atoms with Gasteiger partial charge >= 0.3 is 0 Å². The maximum absolute atomic E-state index is 12.8. The molecule has 2 N–H and O–H groups in total. The Hall–Kier alpha value is -1.93. The Balaban J connectivity index is 1.82. The monoisotopic (exact) mass is 348 g/mol. The highest BCUT2D eigenvalue weighted by atomic mass is 16.5. The van der Waals surface area contributed by atoms with Gasteiger partial charge in [0.25, 0.3) is 0 Å². The Morgan fingerprint density at radius 2 is 2.28 bits per heavy atom. The van der Waals surface area contributed by atoms with E-state index in [9.17, 15) is 4.79 Å². The van der Waals surface area contributed by atoms with Crippen molar-refractivity contribution in [3.05, 3.63) is 11.9 Å². The molecule has 1 fully saturated rings. The normalized spacial score (nSPS) is 21.0. The third-order valence-corrected chi connectivity index (χ3v) is 4.76. The van der Waals surface area contributed by atoms with Crippen LogP contribution in [0.1, 0.15) is 25.3 Å². The van der Waals surface area contributed by atoms with Crippen LogP contribution in [0.3, 0.4) is 0 Å². The molecule has 1 atom stereocenters. The van der Waals surface area contributed by atoms with Gasteiger partial charge in [-0.1, -0.05) is 0 Å². The highest BCUT2D eigenvalue weighted by Gasteiger charge is 2.32. The number of nitrogens with zero attached hydrogens (tertiary/aromatic N) is 4.